The first kappa shape index (κ1) is 51.0. The molecule has 0 spiro atoms. The SMILES string of the molecule is COC1/C=C\C=C(/C)C(=O)NC2=CC(=O)C(NCCCC/C=C\[C@]3(O)CC[C@H]4[C@@H]5CCC6=CC(=O)CC[C@]6(C)[C@H]5CC[C@@]43C)=C(C[C@@H](C)C[C@H](OC)[C@H](O)[C@@H](C)/C=C(\C)[C@@H]1OC(N)=O)C2=O. The molecule has 0 aromatic rings. The summed E-state index contributed by atoms with van der Waals surface area (Å²) in [6, 6.07) is 0. The number of hydrogen-bond donors (Lipinski definition) is 5. The Hall–Kier alpha value is -4.43. The van der Waals surface area contributed by atoms with E-state index >= 15 is 0 Å². The van der Waals surface area contributed by atoms with Crippen molar-refractivity contribution >= 4 is 29.4 Å². The summed E-state index contributed by atoms with van der Waals surface area (Å²) in [5.41, 5.74) is 6.97. The highest BCUT2D eigenvalue weighted by atomic mass is 16.6. The first-order chi connectivity index (χ1) is 31.3. The van der Waals surface area contributed by atoms with Gasteiger partial charge in [-0.15, -0.1) is 0 Å². The highest BCUT2D eigenvalue weighted by Gasteiger charge is 2.63. The molecule has 0 saturated heterocycles. The van der Waals surface area contributed by atoms with E-state index in [2.05, 4.69) is 36.6 Å². The summed E-state index contributed by atoms with van der Waals surface area (Å²) in [6.45, 7) is 12.2. The van der Waals surface area contributed by atoms with Gasteiger partial charge in [0.25, 0.3) is 5.91 Å². The third kappa shape index (κ3) is 10.6. The molecule has 66 heavy (non-hydrogen) atoms. The lowest BCUT2D eigenvalue weighted by Gasteiger charge is -2.59. The maximum absolute atomic E-state index is 14.2. The van der Waals surface area contributed by atoms with Gasteiger partial charge in [0.15, 0.2) is 11.9 Å². The molecule has 3 fully saturated rings. The number of hydrogen-bond acceptors (Lipinski definition) is 11. The molecule has 13 nitrogen and oxygen atoms in total. The zero-order valence-electron chi connectivity index (χ0n) is 40.5. The van der Waals surface area contributed by atoms with Crippen LogP contribution in [0.25, 0.3) is 0 Å². The van der Waals surface area contributed by atoms with Crippen LogP contribution in [0.2, 0.25) is 0 Å². The van der Waals surface area contributed by atoms with E-state index in [1.807, 2.05) is 19.9 Å². The largest absolute Gasteiger partial charge is 0.439 e. The molecular formula is C53H75N3O10. The molecular weight excluding hydrogens is 839 g/mol. The van der Waals surface area contributed by atoms with Crippen molar-refractivity contribution in [1.82, 2.24) is 10.6 Å². The number of nitrogens with one attached hydrogen (secondary N) is 2. The summed E-state index contributed by atoms with van der Waals surface area (Å²) in [7, 11) is 2.95. The minimum absolute atomic E-state index is 0.0979. The predicted octanol–water partition coefficient (Wildman–Crippen LogP) is 7.34. The van der Waals surface area contributed by atoms with Gasteiger partial charge < -0.3 is 40.8 Å². The first-order valence-electron chi connectivity index (χ1n) is 24.2. The molecule has 12 atom stereocenters. The minimum Gasteiger partial charge on any atom is -0.439 e. The van der Waals surface area contributed by atoms with Crippen molar-refractivity contribution < 1.29 is 48.4 Å². The van der Waals surface area contributed by atoms with Crippen LogP contribution in [0.1, 0.15) is 125 Å². The Kier molecular flexibility index (Phi) is 16.4. The Morgan fingerprint density at radius 3 is 2.44 bits per heavy atom. The van der Waals surface area contributed by atoms with Crippen LogP contribution in [0.15, 0.2) is 82.3 Å². The zero-order chi connectivity index (χ0) is 48.1. The number of rotatable bonds is 10. The summed E-state index contributed by atoms with van der Waals surface area (Å²) in [4.78, 5) is 65.6. The van der Waals surface area contributed by atoms with Crippen LogP contribution in [0.4, 0.5) is 4.79 Å². The number of primary amides is 1. The smallest absolute Gasteiger partial charge is 0.405 e. The van der Waals surface area contributed by atoms with Crippen molar-refractivity contribution in [2.24, 2.45) is 46.2 Å². The van der Waals surface area contributed by atoms with Crippen LogP contribution >= 0.6 is 0 Å². The molecule has 0 aromatic carbocycles. The Morgan fingerprint density at radius 1 is 0.985 bits per heavy atom. The lowest BCUT2D eigenvalue weighted by Crippen LogP contribution is -2.54. The van der Waals surface area contributed by atoms with E-state index in [4.69, 9.17) is 19.9 Å². The van der Waals surface area contributed by atoms with Crippen LogP contribution in [-0.2, 0) is 33.4 Å². The Balaban J connectivity index is 1.13. The molecule has 3 saturated carbocycles. The summed E-state index contributed by atoms with van der Waals surface area (Å²) in [6.07, 6.45) is 19.7. The number of ketones is 3. The van der Waals surface area contributed by atoms with Gasteiger partial charge in [0.1, 0.15) is 6.10 Å². The van der Waals surface area contributed by atoms with Crippen LogP contribution in [-0.4, -0.2) is 90.3 Å². The van der Waals surface area contributed by atoms with Crippen molar-refractivity contribution in [3.63, 3.8) is 0 Å². The highest BCUT2D eigenvalue weighted by molar-refractivity contribution is 6.23. The fourth-order valence-corrected chi connectivity index (χ4v) is 12.5. The minimum atomic E-state index is -1.00. The highest BCUT2D eigenvalue weighted by Crippen LogP contribution is 2.67. The predicted molar refractivity (Wildman–Crippen MR) is 252 cm³/mol. The summed E-state index contributed by atoms with van der Waals surface area (Å²) in [5, 5.41) is 29.7. The lowest BCUT2D eigenvalue weighted by atomic mass is 9.46. The molecule has 1 aliphatic heterocycles. The van der Waals surface area contributed by atoms with E-state index in [-0.39, 0.29) is 51.5 Å². The van der Waals surface area contributed by atoms with Gasteiger partial charge in [-0.3, -0.25) is 19.2 Å². The van der Waals surface area contributed by atoms with Crippen LogP contribution in [0.3, 0.4) is 0 Å². The third-order valence-corrected chi connectivity index (χ3v) is 16.5. The number of allylic oxidation sites excluding steroid dienone is 6. The molecule has 362 valence electrons. The maximum atomic E-state index is 14.2. The third-order valence-electron chi connectivity index (χ3n) is 16.5. The van der Waals surface area contributed by atoms with Crippen LogP contribution in [0.5, 0.6) is 0 Å². The fraction of sp³-hybridized carbons (Fsp3) is 0.642. The van der Waals surface area contributed by atoms with E-state index in [0.29, 0.717) is 49.1 Å². The normalized spacial score (nSPS) is 39.0. The van der Waals surface area contributed by atoms with E-state index in [9.17, 15) is 34.2 Å². The molecule has 6 aliphatic rings. The molecule has 1 unspecified atom stereocenters. The number of amides is 2. The molecule has 2 bridgehead atoms. The van der Waals surface area contributed by atoms with E-state index in [1.54, 1.807) is 32.1 Å². The second kappa shape index (κ2) is 21.3. The fourth-order valence-electron chi connectivity index (χ4n) is 12.5. The number of aliphatic hydroxyl groups excluding tert-OH is 1. The number of carbonyl (C=O) groups is 5. The second-order valence-corrected chi connectivity index (χ2v) is 20.6. The molecule has 6 N–H and O–H groups in total. The number of ether oxygens (including phenoxy) is 3. The molecule has 5 aliphatic carbocycles. The second-order valence-electron chi connectivity index (χ2n) is 20.6. The molecule has 0 radical (unpaired) electrons. The topological polar surface area (TPSA) is 204 Å². The van der Waals surface area contributed by atoms with Gasteiger partial charge in [0, 0.05) is 55.7 Å². The van der Waals surface area contributed by atoms with E-state index in [1.165, 1.54) is 31.9 Å². The number of aliphatic hydroxyl groups is 2. The molecule has 0 aromatic heterocycles. The number of nitrogens with two attached hydrogens (primary N) is 1. The summed E-state index contributed by atoms with van der Waals surface area (Å²) < 4.78 is 16.9. The number of carbonyl (C=O) groups excluding carboxylic acids is 5. The summed E-state index contributed by atoms with van der Waals surface area (Å²) in [5.74, 6) is -0.315. The first-order valence-corrected chi connectivity index (χ1v) is 24.2. The van der Waals surface area contributed by atoms with Crippen molar-refractivity contribution in [2.45, 2.75) is 155 Å². The van der Waals surface area contributed by atoms with Crippen LogP contribution in [0, 0.1) is 40.4 Å². The number of Topliss-reactive ketones (excluding diaryl/α,β-unsaturated/α-hetero) is 1. The maximum Gasteiger partial charge on any atom is 0.405 e. The van der Waals surface area contributed by atoms with Gasteiger partial charge in [-0.1, -0.05) is 69.7 Å². The Morgan fingerprint density at radius 2 is 1.73 bits per heavy atom. The van der Waals surface area contributed by atoms with E-state index in [0.717, 1.165) is 57.8 Å². The molecule has 1 heterocycles. The Bertz CT molecular complexity index is 2110. The van der Waals surface area contributed by atoms with Gasteiger partial charge in [0.05, 0.1) is 29.2 Å². The lowest BCUT2D eigenvalue weighted by molar-refractivity contribution is -0.120. The van der Waals surface area contributed by atoms with Gasteiger partial charge in [-0.05, 0) is 132 Å². The van der Waals surface area contributed by atoms with Gasteiger partial charge in [-0.25, -0.2) is 4.79 Å². The zero-order valence-corrected chi connectivity index (χ0v) is 40.5. The molecule has 2 amide bonds. The molecule has 6 rings (SSSR count). The van der Waals surface area contributed by atoms with Gasteiger partial charge in [0.2, 0.25) is 11.6 Å². The van der Waals surface area contributed by atoms with Crippen molar-refractivity contribution in [1.29, 1.82) is 0 Å². The van der Waals surface area contributed by atoms with Gasteiger partial charge >= 0.3 is 6.09 Å². The van der Waals surface area contributed by atoms with Crippen molar-refractivity contribution in [3.8, 4) is 0 Å². The van der Waals surface area contributed by atoms with E-state index < -0.39 is 59.5 Å². The Labute approximate surface area is 391 Å². The number of methoxy groups -OCH3 is 2. The number of unbranched alkanes of at least 4 members (excludes halogenated alkanes) is 2. The average molecular weight is 914 g/mol. The van der Waals surface area contributed by atoms with Crippen molar-refractivity contribution in [3.05, 3.63) is 82.3 Å². The average Bonchev–Trinajstić information content (AvgIpc) is 3.54. The van der Waals surface area contributed by atoms with Gasteiger partial charge in [-0.2, -0.15) is 0 Å². The number of fused-ring (bicyclic) bond motifs is 7. The summed E-state index contributed by atoms with van der Waals surface area (Å²) >= 11 is 0. The van der Waals surface area contributed by atoms with Crippen molar-refractivity contribution in [2.75, 3.05) is 20.8 Å². The monoisotopic (exact) mass is 914 g/mol. The standard InChI is InChI=1S/C53H75N3O10/c1-31-26-38-45(55-25-12-10-9-11-21-53(63)24-20-40-37-17-16-35-29-36(57)18-22-51(35,5)39(37)19-23-52(40,53)6)42(58)30-41(47(38)60)56-49(61)32(2)14-13-15-43(64-7)48(66-50(54)62)34(4)28-33(3)46(59)44(27-31)65-8/h11,13-15,21,28-31,33,37,39-40,43-44,46,48,55,59,63H,9-10,12,16-20,22-27H2,1-8H3,(H2,54,62)(H,56,61)/b15-13-,21-11-,32-14+,34-28+/t31-,33+,37-,39+,40+,43?,44+,46-,48+,51+,52+,53+/m1/s1. The quantitative estimate of drug-likeness (QED) is 0.0834. The van der Waals surface area contributed by atoms with Crippen LogP contribution < -0.4 is 16.4 Å². The molecule has 13 heteroatoms.